The molecule has 0 aromatic rings. The van der Waals surface area contributed by atoms with Crippen LogP contribution < -0.4 is 0 Å². The van der Waals surface area contributed by atoms with E-state index in [0.29, 0.717) is 46.2 Å². The predicted octanol–water partition coefficient (Wildman–Crippen LogP) is 6.89. The number of carbonyl (C=O) groups excluding carboxylic acids is 1. The summed E-state index contributed by atoms with van der Waals surface area (Å²) in [7, 11) is 0. The Morgan fingerprint density at radius 2 is 1.63 bits per heavy atom. The number of carbonyl (C=O) groups is 1. The molecule has 0 saturated heterocycles. The SMILES string of the molecule is CC(C)[C@H](C)C[C@H](O)[C@@H](C)[C@H]1CC[C@H]2C3CC[C@H]4CC(=O)CC[C@]4(C)[C@H]3CC[C@]12C. The molecule has 4 aliphatic carbocycles. The predicted molar refractivity (Wildman–Crippen MR) is 124 cm³/mol. The largest absolute Gasteiger partial charge is 0.393 e. The molecule has 4 saturated carbocycles. The molecule has 0 aliphatic heterocycles. The van der Waals surface area contributed by atoms with Crippen LogP contribution in [0.3, 0.4) is 0 Å². The molecule has 4 rings (SSSR count). The number of Topliss-reactive ketones (excluding diaryl/α,β-unsaturated/α-hetero) is 1. The van der Waals surface area contributed by atoms with Gasteiger partial charge in [0.2, 0.25) is 0 Å². The van der Waals surface area contributed by atoms with Gasteiger partial charge in [0.15, 0.2) is 0 Å². The first-order valence-electron chi connectivity index (χ1n) is 13.3. The summed E-state index contributed by atoms with van der Waals surface area (Å²) in [4.78, 5) is 12.1. The van der Waals surface area contributed by atoms with E-state index in [1.807, 2.05) is 0 Å². The molecule has 1 unspecified atom stereocenters. The molecule has 0 heterocycles. The third kappa shape index (κ3) is 3.61. The zero-order valence-electron chi connectivity index (χ0n) is 20.6. The van der Waals surface area contributed by atoms with Gasteiger partial charge in [-0.2, -0.15) is 0 Å². The Kier molecular flexibility index (Phi) is 6.23. The zero-order valence-corrected chi connectivity index (χ0v) is 20.6. The zero-order chi connectivity index (χ0) is 21.8. The normalized spacial score (nSPS) is 46.7. The van der Waals surface area contributed by atoms with Crippen LogP contribution in [0, 0.1) is 58.2 Å². The molecule has 30 heavy (non-hydrogen) atoms. The highest BCUT2D eigenvalue weighted by Crippen LogP contribution is 2.68. The molecular formula is C28H48O2. The van der Waals surface area contributed by atoms with Crippen LogP contribution in [0.2, 0.25) is 0 Å². The minimum Gasteiger partial charge on any atom is -0.393 e. The molecule has 2 nitrogen and oxygen atoms in total. The van der Waals surface area contributed by atoms with E-state index in [1.165, 1.54) is 38.5 Å². The monoisotopic (exact) mass is 416 g/mol. The highest BCUT2D eigenvalue weighted by molar-refractivity contribution is 5.79. The van der Waals surface area contributed by atoms with Gasteiger partial charge >= 0.3 is 0 Å². The maximum Gasteiger partial charge on any atom is 0.133 e. The van der Waals surface area contributed by atoms with E-state index < -0.39 is 0 Å². The first-order valence-corrected chi connectivity index (χ1v) is 13.3. The standard InChI is InChI=1S/C28H48O2/c1-17(2)18(3)15-26(30)19(4)23-9-10-24-22-8-7-20-16-21(29)11-13-27(20,5)25(22)12-14-28(23,24)6/h17-20,22-26,30H,7-16H2,1-6H3/t18-,19+,20+,22?,23-,24+,25+,26+,27+,28-/m1/s1. The van der Waals surface area contributed by atoms with Gasteiger partial charge in [-0.05, 0) is 110 Å². The van der Waals surface area contributed by atoms with Gasteiger partial charge in [-0.25, -0.2) is 0 Å². The van der Waals surface area contributed by atoms with E-state index in [9.17, 15) is 9.90 Å². The number of ketones is 1. The van der Waals surface area contributed by atoms with Gasteiger partial charge in [-0.3, -0.25) is 4.79 Å². The summed E-state index contributed by atoms with van der Waals surface area (Å²) < 4.78 is 0. The van der Waals surface area contributed by atoms with Crippen LogP contribution in [0.5, 0.6) is 0 Å². The van der Waals surface area contributed by atoms with Crippen molar-refractivity contribution in [3.8, 4) is 0 Å². The van der Waals surface area contributed by atoms with Crippen LogP contribution in [-0.2, 0) is 4.79 Å². The highest BCUT2D eigenvalue weighted by atomic mass is 16.3. The maximum absolute atomic E-state index is 12.1. The van der Waals surface area contributed by atoms with Gasteiger partial charge in [-0.15, -0.1) is 0 Å². The molecule has 0 amide bonds. The van der Waals surface area contributed by atoms with E-state index in [2.05, 4.69) is 41.5 Å². The Hall–Kier alpha value is -0.370. The quantitative estimate of drug-likeness (QED) is 0.529. The molecule has 10 atom stereocenters. The Balaban J connectivity index is 1.49. The van der Waals surface area contributed by atoms with Crippen molar-refractivity contribution in [1.82, 2.24) is 0 Å². The van der Waals surface area contributed by atoms with Gasteiger partial charge in [0.05, 0.1) is 6.10 Å². The summed E-state index contributed by atoms with van der Waals surface area (Å²) in [5.74, 6) is 6.04. The highest BCUT2D eigenvalue weighted by Gasteiger charge is 2.60. The van der Waals surface area contributed by atoms with Crippen molar-refractivity contribution < 1.29 is 9.90 Å². The van der Waals surface area contributed by atoms with E-state index in [4.69, 9.17) is 0 Å². The molecule has 0 aromatic heterocycles. The van der Waals surface area contributed by atoms with Crippen LogP contribution in [0.25, 0.3) is 0 Å². The third-order valence-electron chi connectivity index (χ3n) is 11.5. The molecule has 1 N–H and O–H groups in total. The summed E-state index contributed by atoms with van der Waals surface area (Å²) in [6, 6.07) is 0. The average Bonchev–Trinajstić information content (AvgIpc) is 3.04. The number of hydrogen-bond donors (Lipinski definition) is 1. The van der Waals surface area contributed by atoms with Crippen LogP contribution in [0.1, 0.15) is 106 Å². The molecular weight excluding hydrogens is 368 g/mol. The fourth-order valence-electron chi connectivity index (χ4n) is 9.09. The smallest absolute Gasteiger partial charge is 0.133 e. The van der Waals surface area contributed by atoms with Crippen molar-refractivity contribution in [1.29, 1.82) is 0 Å². The van der Waals surface area contributed by atoms with E-state index in [-0.39, 0.29) is 6.10 Å². The summed E-state index contributed by atoms with van der Waals surface area (Å²) in [5.41, 5.74) is 0.824. The molecule has 0 aromatic carbocycles. The molecule has 0 radical (unpaired) electrons. The lowest BCUT2D eigenvalue weighted by molar-refractivity contribution is -0.141. The Morgan fingerprint density at radius 3 is 2.33 bits per heavy atom. The van der Waals surface area contributed by atoms with Gasteiger partial charge in [0.1, 0.15) is 5.78 Å². The van der Waals surface area contributed by atoms with Crippen molar-refractivity contribution in [2.24, 2.45) is 58.2 Å². The second kappa shape index (κ2) is 8.20. The number of rotatable bonds is 5. The topological polar surface area (TPSA) is 37.3 Å². The van der Waals surface area contributed by atoms with Crippen molar-refractivity contribution in [3.63, 3.8) is 0 Å². The molecule has 4 aliphatic rings. The molecule has 172 valence electrons. The first kappa shape index (κ1) is 22.8. The van der Waals surface area contributed by atoms with Gasteiger partial charge in [-0.1, -0.05) is 41.5 Å². The summed E-state index contributed by atoms with van der Waals surface area (Å²) >= 11 is 0. The van der Waals surface area contributed by atoms with Crippen LogP contribution in [-0.4, -0.2) is 17.0 Å². The van der Waals surface area contributed by atoms with Gasteiger partial charge < -0.3 is 5.11 Å². The fourth-order valence-corrected chi connectivity index (χ4v) is 9.09. The van der Waals surface area contributed by atoms with Crippen molar-refractivity contribution in [2.75, 3.05) is 0 Å². The van der Waals surface area contributed by atoms with E-state index in [0.717, 1.165) is 43.4 Å². The molecule has 2 heteroatoms. The van der Waals surface area contributed by atoms with Gasteiger partial charge in [0.25, 0.3) is 0 Å². The first-order chi connectivity index (χ1) is 14.1. The Labute approximate surface area is 186 Å². The number of fused-ring (bicyclic) bond motifs is 5. The molecule has 0 bridgehead atoms. The second-order valence-corrected chi connectivity index (χ2v) is 13.0. The van der Waals surface area contributed by atoms with Crippen molar-refractivity contribution >= 4 is 5.78 Å². The van der Waals surface area contributed by atoms with E-state index in [1.54, 1.807) is 0 Å². The van der Waals surface area contributed by atoms with Crippen molar-refractivity contribution in [2.45, 2.75) is 112 Å². The number of hydrogen-bond acceptors (Lipinski definition) is 2. The van der Waals surface area contributed by atoms with Crippen molar-refractivity contribution in [3.05, 3.63) is 0 Å². The van der Waals surface area contributed by atoms with E-state index >= 15 is 0 Å². The summed E-state index contributed by atoms with van der Waals surface area (Å²) in [6.07, 6.45) is 11.7. The number of aliphatic hydroxyl groups is 1. The maximum atomic E-state index is 12.1. The Bertz CT molecular complexity index is 641. The lowest BCUT2D eigenvalue weighted by Crippen LogP contribution is -2.54. The lowest BCUT2D eigenvalue weighted by Gasteiger charge is -2.60. The molecule has 4 fully saturated rings. The summed E-state index contributed by atoms with van der Waals surface area (Å²) in [5, 5.41) is 11.1. The Morgan fingerprint density at radius 1 is 0.933 bits per heavy atom. The minimum absolute atomic E-state index is 0.154. The second-order valence-electron chi connectivity index (χ2n) is 13.0. The van der Waals surface area contributed by atoms with Crippen LogP contribution >= 0.6 is 0 Å². The number of aliphatic hydroxyl groups excluding tert-OH is 1. The van der Waals surface area contributed by atoms with Crippen LogP contribution in [0.4, 0.5) is 0 Å². The fraction of sp³-hybridized carbons (Fsp3) is 0.964. The minimum atomic E-state index is -0.154. The third-order valence-corrected chi connectivity index (χ3v) is 11.5. The summed E-state index contributed by atoms with van der Waals surface area (Å²) in [6.45, 7) is 14.4. The lowest BCUT2D eigenvalue weighted by atomic mass is 9.44. The van der Waals surface area contributed by atoms with Crippen LogP contribution in [0.15, 0.2) is 0 Å². The average molecular weight is 417 g/mol. The van der Waals surface area contributed by atoms with Gasteiger partial charge in [0, 0.05) is 12.8 Å². The molecule has 0 spiro atoms.